The summed E-state index contributed by atoms with van der Waals surface area (Å²) in [5.74, 6) is 1.52. The molecule has 22 heavy (non-hydrogen) atoms. The molecule has 0 spiro atoms. The van der Waals surface area contributed by atoms with Crippen LogP contribution in [0.3, 0.4) is 0 Å². The fraction of sp³-hybridized carbons (Fsp3) is 0.143. The minimum atomic E-state index is -3.63. The van der Waals surface area contributed by atoms with E-state index < -0.39 is 10.0 Å². The predicted molar refractivity (Wildman–Crippen MR) is 84.6 cm³/mol. The van der Waals surface area contributed by atoms with E-state index in [9.17, 15) is 13.2 Å². The van der Waals surface area contributed by atoms with E-state index in [0.29, 0.717) is 29.3 Å². The average molecular weight is 336 g/mol. The van der Waals surface area contributed by atoms with Crippen molar-refractivity contribution in [2.75, 3.05) is 12.3 Å². The van der Waals surface area contributed by atoms with Gasteiger partial charge in [0, 0.05) is 11.3 Å². The Balaban J connectivity index is 1.82. The van der Waals surface area contributed by atoms with Crippen molar-refractivity contribution in [2.24, 2.45) is 4.99 Å². The molecular weight excluding hydrogens is 324 g/mol. The van der Waals surface area contributed by atoms with Gasteiger partial charge in [-0.1, -0.05) is 11.8 Å². The van der Waals surface area contributed by atoms with E-state index in [2.05, 4.69) is 9.71 Å². The summed E-state index contributed by atoms with van der Waals surface area (Å²) in [4.78, 5) is 14.8. The van der Waals surface area contributed by atoms with E-state index in [1.165, 1.54) is 23.9 Å². The molecule has 0 unspecified atom stereocenters. The maximum atomic E-state index is 12.2. The van der Waals surface area contributed by atoms with Crippen LogP contribution in [0.5, 0.6) is 0 Å². The van der Waals surface area contributed by atoms with Gasteiger partial charge in [-0.3, -0.25) is 14.5 Å². The number of thioether (sulfide) groups is 1. The number of furan rings is 1. The van der Waals surface area contributed by atoms with Gasteiger partial charge in [0.2, 0.25) is 0 Å². The number of benzene rings is 1. The number of sulfonamides is 1. The van der Waals surface area contributed by atoms with Crippen LogP contribution in [-0.2, 0) is 10.0 Å². The van der Waals surface area contributed by atoms with Gasteiger partial charge >= 0.3 is 0 Å². The van der Waals surface area contributed by atoms with Crippen LogP contribution in [0, 0.1) is 0 Å². The van der Waals surface area contributed by atoms with Crippen molar-refractivity contribution < 1.29 is 17.6 Å². The molecule has 0 bridgehead atoms. The van der Waals surface area contributed by atoms with Crippen molar-refractivity contribution in [1.29, 1.82) is 0 Å². The smallest absolute Gasteiger partial charge is 0.263 e. The van der Waals surface area contributed by atoms with Crippen LogP contribution < -0.4 is 4.72 Å². The van der Waals surface area contributed by atoms with Gasteiger partial charge in [0.1, 0.15) is 5.76 Å². The zero-order valence-electron chi connectivity index (χ0n) is 11.4. The maximum Gasteiger partial charge on any atom is 0.263 e. The highest BCUT2D eigenvalue weighted by molar-refractivity contribution is 8.15. The Morgan fingerprint density at radius 2 is 1.95 bits per heavy atom. The van der Waals surface area contributed by atoms with Gasteiger partial charge in [-0.15, -0.1) is 0 Å². The second-order valence-electron chi connectivity index (χ2n) is 4.49. The van der Waals surface area contributed by atoms with Crippen LogP contribution in [0.1, 0.15) is 10.6 Å². The SMILES string of the molecule is O=Cc1ccc(-c2ccc(S(=O)(=O)NC3=NCCS3)cc2)o1. The van der Waals surface area contributed by atoms with E-state index in [4.69, 9.17) is 4.42 Å². The minimum Gasteiger partial charge on any atom is -0.453 e. The first-order valence-electron chi connectivity index (χ1n) is 6.44. The Bertz CT molecular complexity index is 823. The van der Waals surface area contributed by atoms with Gasteiger partial charge in [-0.05, 0) is 36.4 Å². The lowest BCUT2D eigenvalue weighted by atomic mass is 10.2. The first kappa shape index (κ1) is 14.9. The molecule has 2 heterocycles. The zero-order valence-corrected chi connectivity index (χ0v) is 13.0. The number of nitrogens with zero attached hydrogens (tertiary/aromatic N) is 1. The zero-order chi connectivity index (χ0) is 15.6. The Labute approximate surface area is 131 Å². The van der Waals surface area contributed by atoms with Gasteiger partial charge in [-0.2, -0.15) is 0 Å². The molecular formula is C14H12N2O4S2. The summed E-state index contributed by atoms with van der Waals surface area (Å²) in [6.07, 6.45) is 0.617. The summed E-state index contributed by atoms with van der Waals surface area (Å²) >= 11 is 1.38. The van der Waals surface area contributed by atoms with E-state index in [0.717, 1.165) is 5.75 Å². The van der Waals surface area contributed by atoms with E-state index in [-0.39, 0.29) is 10.7 Å². The molecule has 0 saturated heterocycles. The quantitative estimate of drug-likeness (QED) is 0.864. The highest BCUT2D eigenvalue weighted by Crippen LogP contribution is 2.23. The second kappa shape index (κ2) is 5.98. The molecule has 8 heteroatoms. The third kappa shape index (κ3) is 3.07. The highest BCUT2D eigenvalue weighted by Gasteiger charge is 2.18. The van der Waals surface area contributed by atoms with Crippen molar-refractivity contribution in [3.63, 3.8) is 0 Å². The summed E-state index contributed by atoms with van der Waals surface area (Å²) in [5.41, 5.74) is 0.694. The first-order chi connectivity index (χ1) is 10.6. The second-order valence-corrected chi connectivity index (χ2v) is 7.25. The van der Waals surface area contributed by atoms with Crippen LogP contribution >= 0.6 is 11.8 Å². The van der Waals surface area contributed by atoms with Gasteiger partial charge in [0.15, 0.2) is 17.2 Å². The van der Waals surface area contributed by atoms with E-state index in [1.54, 1.807) is 24.3 Å². The number of carbonyl (C=O) groups excluding carboxylic acids is 1. The van der Waals surface area contributed by atoms with Gasteiger partial charge in [-0.25, -0.2) is 8.42 Å². The Morgan fingerprint density at radius 3 is 2.55 bits per heavy atom. The Hall–Kier alpha value is -2.06. The molecule has 0 saturated carbocycles. The van der Waals surface area contributed by atoms with Crippen molar-refractivity contribution in [3.05, 3.63) is 42.2 Å². The summed E-state index contributed by atoms with van der Waals surface area (Å²) in [5, 5.41) is 0.422. The summed E-state index contributed by atoms with van der Waals surface area (Å²) < 4.78 is 32.2. The minimum absolute atomic E-state index is 0.147. The number of nitrogens with one attached hydrogen (secondary N) is 1. The fourth-order valence-corrected chi connectivity index (χ4v) is 3.97. The number of hydrogen-bond donors (Lipinski definition) is 1. The number of aldehydes is 1. The van der Waals surface area contributed by atoms with Crippen LogP contribution in [0.25, 0.3) is 11.3 Å². The summed E-state index contributed by atoms with van der Waals surface area (Å²) in [7, 11) is -3.63. The molecule has 0 aliphatic carbocycles. The molecule has 1 aliphatic heterocycles. The van der Waals surface area contributed by atoms with Gasteiger partial charge < -0.3 is 4.42 Å². The molecule has 2 aromatic rings. The van der Waals surface area contributed by atoms with Crippen LogP contribution in [-0.4, -0.2) is 32.2 Å². The maximum absolute atomic E-state index is 12.2. The van der Waals surface area contributed by atoms with Gasteiger partial charge in [0.05, 0.1) is 11.4 Å². The first-order valence-corrected chi connectivity index (χ1v) is 8.91. The molecule has 0 atom stereocenters. The Morgan fingerprint density at radius 1 is 1.18 bits per heavy atom. The topological polar surface area (TPSA) is 88.7 Å². The van der Waals surface area contributed by atoms with E-state index >= 15 is 0 Å². The molecule has 114 valence electrons. The summed E-state index contributed by atoms with van der Waals surface area (Å²) in [6.45, 7) is 0.624. The molecule has 1 aromatic carbocycles. The number of hydrogen-bond acceptors (Lipinski definition) is 6. The van der Waals surface area contributed by atoms with Crippen molar-refractivity contribution in [1.82, 2.24) is 4.72 Å². The van der Waals surface area contributed by atoms with Gasteiger partial charge in [0.25, 0.3) is 10.0 Å². The lowest BCUT2D eigenvalue weighted by Crippen LogP contribution is -2.27. The van der Waals surface area contributed by atoms with Crippen molar-refractivity contribution >= 4 is 33.2 Å². The number of amidine groups is 1. The Kier molecular flexibility index (Phi) is 4.04. The molecule has 6 nitrogen and oxygen atoms in total. The number of carbonyl (C=O) groups is 1. The average Bonchev–Trinajstić information content (AvgIpc) is 3.18. The molecule has 1 aliphatic rings. The monoisotopic (exact) mass is 336 g/mol. The third-order valence-corrected chi connectivity index (χ3v) is 5.37. The molecule has 0 amide bonds. The highest BCUT2D eigenvalue weighted by atomic mass is 32.2. The number of aliphatic imine (C=N–C) groups is 1. The lowest BCUT2D eigenvalue weighted by molar-refractivity contribution is 0.110. The molecule has 0 radical (unpaired) electrons. The number of rotatable bonds is 4. The lowest BCUT2D eigenvalue weighted by Gasteiger charge is -2.07. The predicted octanol–water partition coefficient (Wildman–Crippen LogP) is 2.14. The van der Waals surface area contributed by atoms with Crippen molar-refractivity contribution in [2.45, 2.75) is 4.90 Å². The summed E-state index contributed by atoms with van der Waals surface area (Å²) in [6, 6.07) is 9.46. The fourth-order valence-electron chi connectivity index (χ4n) is 1.94. The third-order valence-electron chi connectivity index (χ3n) is 3.00. The molecule has 0 fully saturated rings. The van der Waals surface area contributed by atoms with Crippen LogP contribution in [0.2, 0.25) is 0 Å². The van der Waals surface area contributed by atoms with Crippen LogP contribution in [0.4, 0.5) is 0 Å². The normalized spacial score (nSPS) is 14.6. The largest absolute Gasteiger partial charge is 0.453 e. The molecule has 1 aromatic heterocycles. The van der Waals surface area contributed by atoms with Crippen molar-refractivity contribution in [3.8, 4) is 11.3 Å². The molecule has 1 N–H and O–H groups in total. The standard InChI is InChI=1S/C14H12N2O4S2/c17-9-11-3-6-13(20-11)10-1-4-12(5-2-10)22(18,19)16-14-15-7-8-21-14/h1-6,9H,7-8H2,(H,15,16). The molecule has 3 rings (SSSR count). The van der Waals surface area contributed by atoms with E-state index in [1.807, 2.05) is 0 Å². The van der Waals surface area contributed by atoms with Crippen LogP contribution in [0.15, 0.2) is 50.7 Å².